The van der Waals surface area contributed by atoms with E-state index in [1.807, 2.05) is 32.9 Å². The summed E-state index contributed by atoms with van der Waals surface area (Å²) >= 11 is 0. The largest absolute Gasteiger partial charge is 0.324 e. The fourth-order valence-electron chi connectivity index (χ4n) is 3.50. The second-order valence-electron chi connectivity index (χ2n) is 6.94. The van der Waals surface area contributed by atoms with Crippen LogP contribution in [0.2, 0.25) is 0 Å². The van der Waals surface area contributed by atoms with Crippen molar-refractivity contribution in [2.24, 2.45) is 0 Å². The maximum Gasteiger partial charge on any atom is 0.225 e. The number of hydrogen-bond donors (Lipinski definition) is 1. The second-order valence-corrected chi connectivity index (χ2v) is 9.05. The van der Waals surface area contributed by atoms with E-state index in [-0.39, 0.29) is 18.1 Å². The molecule has 0 radical (unpaired) electrons. The van der Waals surface area contributed by atoms with Crippen LogP contribution in [0.4, 0.5) is 5.69 Å². The van der Waals surface area contributed by atoms with Gasteiger partial charge in [-0.2, -0.15) is 0 Å². The van der Waals surface area contributed by atoms with Crippen LogP contribution >= 0.6 is 0 Å². The number of hydrogen-bond acceptors (Lipinski definition) is 4. The zero-order valence-electron chi connectivity index (χ0n) is 15.4. The molecule has 1 aromatic heterocycles. The molecular formula is C20H24N2O3S. The van der Waals surface area contributed by atoms with Crippen LogP contribution in [-0.2, 0) is 27.5 Å². The number of benzene rings is 1. The highest BCUT2D eigenvalue weighted by Crippen LogP contribution is 2.25. The average Bonchev–Trinajstić information content (AvgIpc) is 3.04. The Hall–Kier alpha value is -2.21. The number of anilines is 1. The van der Waals surface area contributed by atoms with Crippen LogP contribution in [-0.4, -0.2) is 25.1 Å². The van der Waals surface area contributed by atoms with Crippen LogP contribution in [0, 0.1) is 20.8 Å². The number of fused-ring (bicyclic) bond motifs is 1. The molecule has 0 saturated carbocycles. The van der Waals surface area contributed by atoms with Gasteiger partial charge in [0.2, 0.25) is 5.91 Å². The Labute approximate surface area is 154 Å². The van der Waals surface area contributed by atoms with Crippen molar-refractivity contribution in [3.8, 4) is 0 Å². The van der Waals surface area contributed by atoms with E-state index in [1.54, 1.807) is 12.1 Å². The zero-order chi connectivity index (χ0) is 18.9. The third-order valence-corrected chi connectivity index (χ3v) is 6.53. The van der Waals surface area contributed by atoms with Gasteiger partial charge in [-0.05, 0) is 74.9 Å². The first-order valence-electron chi connectivity index (χ1n) is 8.85. The number of sulfone groups is 1. The van der Waals surface area contributed by atoms with E-state index in [1.165, 1.54) is 5.56 Å². The van der Waals surface area contributed by atoms with Gasteiger partial charge < -0.3 is 5.32 Å². The van der Waals surface area contributed by atoms with Crippen molar-refractivity contribution in [2.75, 3.05) is 11.1 Å². The quantitative estimate of drug-likeness (QED) is 0.874. The first-order valence-corrected chi connectivity index (χ1v) is 10.5. The van der Waals surface area contributed by atoms with E-state index in [0.29, 0.717) is 10.6 Å². The van der Waals surface area contributed by atoms with Gasteiger partial charge in [0.1, 0.15) is 0 Å². The highest BCUT2D eigenvalue weighted by Gasteiger charge is 2.20. The lowest BCUT2D eigenvalue weighted by Crippen LogP contribution is -2.19. The number of rotatable bonds is 5. The third-order valence-electron chi connectivity index (χ3n) is 4.82. The maximum atomic E-state index is 12.6. The van der Waals surface area contributed by atoms with E-state index in [9.17, 15) is 13.2 Å². The number of aromatic nitrogens is 1. The van der Waals surface area contributed by atoms with Crippen LogP contribution in [0.1, 0.15) is 40.9 Å². The normalized spacial score (nSPS) is 13.5. The SMILES string of the molecule is Cc1cc(C)c(NC(=O)CCS(=O)(=O)c2ccc3c(c2)CCC3)c(C)n1. The van der Waals surface area contributed by atoms with Crippen LogP contribution in [0.3, 0.4) is 0 Å². The summed E-state index contributed by atoms with van der Waals surface area (Å²) in [5.41, 5.74) is 5.56. The minimum absolute atomic E-state index is 0.0772. The highest BCUT2D eigenvalue weighted by atomic mass is 32.2. The fraction of sp³-hybridized carbons (Fsp3) is 0.400. The molecule has 0 atom stereocenters. The number of nitrogens with zero attached hydrogens (tertiary/aromatic N) is 1. The molecule has 6 heteroatoms. The van der Waals surface area contributed by atoms with E-state index in [2.05, 4.69) is 10.3 Å². The van der Waals surface area contributed by atoms with E-state index in [0.717, 1.165) is 41.8 Å². The number of aryl methyl sites for hydroxylation is 5. The lowest BCUT2D eigenvalue weighted by atomic mass is 10.1. The minimum atomic E-state index is -3.47. The molecule has 0 bridgehead atoms. The average molecular weight is 372 g/mol. The number of pyridine rings is 1. The molecular weight excluding hydrogens is 348 g/mol. The van der Waals surface area contributed by atoms with Crippen molar-refractivity contribution in [2.45, 2.75) is 51.3 Å². The van der Waals surface area contributed by atoms with Crippen LogP contribution in [0.15, 0.2) is 29.2 Å². The Balaban J connectivity index is 1.67. The summed E-state index contributed by atoms with van der Waals surface area (Å²) in [7, 11) is -3.47. The Morgan fingerprint density at radius 3 is 2.58 bits per heavy atom. The predicted octanol–water partition coefficient (Wildman–Crippen LogP) is 3.30. The molecule has 1 aromatic carbocycles. The van der Waals surface area contributed by atoms with Crippen molar-refractivity contribution in [1.82, 2.24) is 4.98 Å². The molecule has 0 fully saturated rings. The molecule has 3 rings (SSSR count). The van der Waals surface area contributed by atoms with Crippen LogP contribution in [0.5, 0.6) is 0 Å². The van der Waals surface area contributed by atoms with Gasteiger partial charge in [0.05, 0.1) is 22.0 Å². The lowest BCUT2D eigenvalue weighted by Gasteiger charge is -2.12. The first kappa shape index (κ1) is 18.6. The van der Waals surface area contributed by atoms with Crippen molar-refractivity contribution >= 4 is 21.4 Å². The second kappa shape index (κ2) is 7.19. The van der Waals surface area contributed by atoms with Crippen molar-refractivity contribution < 1.29 is 13.2 Å². The summed E-state index contributed by atoms with van der Waals surface area (Å²) in [5, 5.41) is 2.81. The van der Waals surface area contributed by atoms with Gasteiger partial charge in [-0.25, -0.2) is 8.42 Å². The summed E-state index contributed by atoms with van der Waals surface area (Å²) in [5.74, 6) is -0.513. The predicted molar refractivity (Wildman–Crippen MR) is 102 cm³/mol. The van der Waals surface area contributed by atoms with Crippen molar-refractivity contribution in [3.05, 3.63) is 52.3 Å². The van der Waals surface area contributed by atoms with Crippen LogP contribution < -0.4 is 5.32 Å². The number of amides is 1. The van der Waals surface area contributed by atoms with E-state index >= 15 is 0 Å². The maximum absolute atomic E-state index is 12.6. The first-order chi connectivity index (χ1) is 12.3. The summed E-state index contributed by atoms with van der Waals surface area (Å²) in [6.45, 7) is 5.63. The molecule has 0 aliphatic heterocycles. The molecule has 26 heavy (non-hydrogen) atoms. The van der Waals surface area contributed by atoms with Gasteiger partial charge in [0, 0.05) is 12.1 Å². The topological polar surface area (TPSA) is 76.1 Å². The summed E-state index contributed by atoms with van der Waals surface area (Å²) in [6, 6.07) is 7.23. The Morgan fingerprint density at radius 2 is 1.85 bits per heavy atom. The molecule has 2 aromatic rings. The van der Waals surface area contributed by atoms with Gasteiger partial charge in [0.15, 0.2) is 9.84 Å². The van der Waals surface area contributed by atoms with E-state index in [4.69, 9.17) is 0 Å². The van der Waals surface area contributed by atoms with Gasteiger partial charge in [-0.1, -0.05) is 6.07 Å². The Morgan fingerprint density at radius 1 is 1.12 bits per heavy atom. The molecule has 138 valence electrons. The molecule has 1 aliphatic rings. The monoisotopic (exact) mass is 372 g/mol. The minimum Gasteiger partial charge on any atom is -0.324 e. The number of carbonyl (C=O) groups excluding carboxylic acids is 1. The zero-order valence-corrected chi connectivity index (χ0v) is 16.2. The third kappa shape index (κ3) is 3.96. The highest BCUT2D eigenvalue weighted by molar-refractivity contribution is 7.91. The smallest absolute Gasteiger partial charge is 0.225 e. The summed E-state index contributed by atoms with van der Waals surface area (Å²) in [4.78, 5) is 16.9. The number of carbonyl (C=O) groups is 1. The van der Waals surface area contributed by atoms with Crippen molar-refractivity contribution in [1.29, 1.82) is 0 Å². The van der Waals surface area contributed by atoms with Crippen LogP contribution in [0.25, 0.3) is 0 Å². The van der Waals surface area contributed by atoms with Gasteiger partial charge in [0.25, 0.3) is 0 Å². The molecule has 0 spiro atoms. The van der Waals surface area contributed by atoms with Gasteiger partial charge in [-0.3, -0.25) is 9.78 Å². The molecule has 1 heterocycles. The van der Waals surface area contributed by atoms with Gasteiger partial charge >= 0.3 is 0 Å². The fourth-order valence-corrected chi connectivity index (χ4v) is 4.79. The number of nitrogens with one attached hydrogen (secondary N) is 1. The van der Waals surface area contributed by atoms with Crippen molar-refractivity contribution in [3.63, 3.8) is 0 Å². The summed E-state index contributed by atoms with van der Waals surface area (Å²) in [6.07, 6.45) is 2.94. The van der Waals surface area contributed by atoms with Gasteiger partial charge in [-0.15, -0.1) is 0 Å². The Kier molecular flexibility index (Phi) is 5.14. The van der Waals surface area contributed by atoms with E-state index < -0.39 is 9.84 Å². The molecule has 1 aliphatic carbocycles. The molecule has 1 N–H and O–H groups in total. The lowest BCUT2D eigenvalue weighted by molar-refractivity contribution is -0.115. The molecule has 1 amide bonds. The summed E-state index contributed by atoms with van der Waals surface area (Å²) < 4.78 is 25.2. The molecule has 0 saturated heterocycles. The molecule has 5 nitrogen and oxygen atoms in total. The standard InChI is InChI=1S/C20H24N2O3S/c1-13-11-14(2)21-15(3)20(13)22-19(23)9-10-26(24,25)18-8-7-16-5-4-6-17(16)12-18/h7-8,11-12H,4-6,9-10H2,1-3H3,(H,22,23). The molecule has 0 unspecified atom stereocenters. The Bertz CT molecular complexity index is 942.